The summed E-state index contributed by atoms with van der Waals surface area (Å²) in [6.45, 7) is 7.26. The van der Waals surface area contributed by atoms with Crippen molar-refractivity contribution < 1.29 is 9.47 Å². The normalized spacial score (nSPS) is 11.7. The molecule has 0 atom stereocenters. The molecule has 0 saturated carbocycles. The first-order valence-electron chi connectivity index (χ1n) is 6.16. The Hall–Kier alpha value is -1.61. The number of hydrogen-bond donors (Lipinski definition) is 0. The molecule has 3 heteroatoms. The highest BCUT2D eigenvalue weighted by atomic mass is 16.5. The molecule has 0 amide bonds. The summed E-state index contributed by atoms with van der Waals surface area (Å²) in [7, 11) is 0. The fraction of sp³-hybridized carbons (Fsp3) is 0.400. The molecule has 0 saturated heterocycles. The molecule has 0 bridgehead atoms. The van der Waals surface area contributed by atoms with Crippen molar-refractivity contribution in [2.45, 2.75) is 26.4 Å². The Morgan fingerprint density at radius 2 is 1.94 bits per heavy atom. The van der Waals surface area contributed by atoms with E-state index in [2.05, 4.69) is 4.98 Å². The quantitative estimate of drug-likeness (QED) is 0.773. The third-order valence-corrected chi connectivity index (χ3v) is 2.46. The van der Waals surface area contributed by atoms with Crippen LogP contribution in [0.1, 0.15) is 20.8 Å². The van der Waals surface area contributed by atoms with Gasteiger partial charge in [-0.15, -0.1) is 0 Å². The van der Waals surface area contributed by atoms with Gasteiger partial charge in [0.05, 0.1) is 17.7 Å². The fourth-order valence-corrected chi connectivity index (χ4v) is 1.65. The minimum Gasteiger partial charge on any atom is -0.491 e. The van der Waals surface area contributed by atoms with Crippen LogP contribution in [0.25, 0.3) is 10.9 Å². The predicted molar refractivity (Wildman–Crippen MR) is 72.9 cm³/mol. The largest absolute Gasteiger partial charge is 0.491 e. The maximum atomic E-state index is 5.66. The van der Waals surface area contributed by atoms with Crippen molar-refractivity contribution in [1.29, 1.82) is 0 Å². The topological polar surface area (TPSA) is 31.4 Å². The fourth-order valence-electron chi connectivity index (χ4n) is 1.65. The molecule has 0 aliphatic heterocycles. The van der Waals surface area contributed by atoms with Gasteiger partial charge in [0.25, 0.3) is 0 Å². The van der Waals surface area contributed by atoms with E-state index in [0.29, 0.717) is 13.2 Å². The van der Waals surface area contributed by atoms with Gasteiger partial charge in [0.15, 0.2) is 0 Å². The van der Waals surface area contributed by atoms with Crippen molar-refractivity contribution in [2.75, 3.05) is 13.2 Å². The summed E-state index contributed by atoms with van der Waals surface area (Å²) in [6, 6.07) is 9.86. The average Bonchev–Trinajstić information content (AvgIpc) is 2.33. The molecule has 0 aliphatic rings. The first-order chi connectivity index (χ1) is 8.54. The second-order valence-electron chi connectivity index (χ2n) is 5.17. The molecule has 1 aromatic carbocycles. The van der Waals surface area contributed by atoms with Crippen LogP contribution in [0.15, 0.2) is 36.5 Å². The predicted octanol–water partition coefficient (Wildman–Crippen LogP) is 3.43. The highest BCUT2D eigenvalue weighted by Crippen LogP contribution is 2.18. The Labute approximate surface area is 108 Å². The molecule has 3 nitrogen and oxygen atoms in total. The third kappa shape index (κ3) is 3.70. The van der Waals surface area contributed by atoms with Gasteiger partial charge in [-0.2, -0.15) is 0 Å². The number of nitrogens with zero attached hydrogens (tertiary/aromatic N) is 1. The zero-order chi connectivity index (χ0) is 13.0. The van der Waals surface area contributed by atoms with Gasteiger partial charge in [0, 0.05) is 11.6 Å². The standard InChI is InChI=1S/C15H19NO2/c1-15(2,3)18-10-9-17-13-6-7-14-12(11-13)5-4-8-16-14/h4-8,11H,9-10H2,1-3H3. The van der Waals surface area contributed by atoms with Gasteiger partial charge in [-0.3, -0.25) is 4.98 Å². The number of fused-ring (bicyclic) bond motifs is 1. The van der Waals surface area contributed by atoms with Gasteiger partial charge in [-0.25, -0.2) is 0 Å². The monoisotopic (exact) mass is 245 g/mol. The van der Waals surface area contributed by atoms with E-state index in [1.807, 2.05) is 51.1 Å². The van der Waals surface area contributed by atoms with E-state index < -0.39 is 0 Å². The van der Waals surface area contributed by atoms with Crippen LogP contribution in [-0.2, 0) is 4.74 Å². The smallest absolute Gasteiger partial charge is 0.120 e. The van der Waals surface area contributed by atoms with Gasteiger partial charge >= 0.3 is 0 Å². The van der Waals surface area contributed by atoms with Crippen LogP contribution in [0.4, 0.5) is 0 Å². The van der Waals surface area contributed by atoms with Crippen molar-refractivity contribution in [3.63, 3.8) is 0 Å². The number of benzene rings is 1. The van der Waals surface area contributed by atoms with Crippen LogP contribution >= 0.6 is 0 Å². The van der Waals surface area contributed by atoms with Crippen LogP contribution in [0.2, 0.25) is 0 Å². The average molecular weight is 245 g/mol. The van der Waals surface area contributed by atoms with E-state index in [-0.39, 0.29) is 5.60 Å². The molecule has 2 aromatic rings. The molecule has 18 heavy (non-hydrogen) atoms. The van der Waals surface area contributed by atoms with Gasteiger partial charge < -0.3 is 9.47 Å². The van der Waals surface area contributed by atoms with Crippen molar-refractivity contribution in [2.24, 2.45) is 0 Å². The van der Waals surface area contributed by atoms with E-state index in [1.165, 1.54) is 0 Å². The molecular formula is C15H19NO2. The Morgan fingerprint density at radius 1 is 1.11 bits per heavy atom. The number of ether oxygens (including phenoxy) is 2. The SMILES string of the molecule is CC(C)(C)OCCOc1ccc2ncccc2c1. The number of pyridine rings is 1. The van der Waals surface area contributed by atoms with Gasteiger partial charge in [0.1, 0.15) is 12.4 Å². The minimum atomic E-state index is -0.114. The van der Waals surface area contributed by atoms with Crippen molar-refractivity contribution >= 4 is 10.9 Å². The summed E-state index contributed by atoms with van der Waals surface area (Å²) < 4.78 is 11.3. The molecule has 0 radical (unpaired) electrons. The lowest BCUT2D eigenvalue weighted by Gasteiger charge is -2.19. The van der Waals surface area contributed by atoms with Gasteiger partial charge in [0.2, 0.25) is 0 Å². The summed E-state index contributed by atoms with van der Waals surface area (Å²) in [4.78, 5) is 4.27. The van der Waals surface area contributed by atoms with Crippen molar-refractivity contribution in [3.05, 3.63) is 36.5 Å². The lowest BCUT2D eigenvalue weighted by atomic mass is 10.2. The van der Waals surface area contributed by atoms with E-state index in [9.17, 15) is 0 Å². The number of hydrogen-bond acceptors (Lipinski definition) is 3. The first kappa shape index (κ1) is 12.8. The van der Waals surface area contributed by atoms with Gasteiger partial charge in [-0.05, 0) is 45.0 Å². The van der Waals surface area contributed by atoms with Crippen molar-refractivity contribution in [3.8, 4) is 5.75 Å². The van der Waals surface area contributed by atoms with Crippen LogP contribution in [-0.4, -0.2) is 23.8 Å². The zero-order valence-corrected chi connectivity index (χ0v) is 11.1. The Morgan fingerprint density at radius 3 is 2.72 bits per heavy atom. The zero-order valence-electron chi connectivity index (χ0n) is 11.1. The van der Waals surface area contributed by atoms with E-state index in [0.717, 1.165) is 16.7 Å². The second kappa shape index (κ2) is 5.36. The molecule has 0 aliphatic carbocycles. The Kier molecular flexibility index (Phi) is 3.82. The first-order valence-corrected chi connectivity index (χ1v) is 6.16. The van der Waals surface area contributed by atoms with Crippen molar-refractivity contribution in [1.82, 2.24) is 4.98 Å². The molecule has 0 fully saturated rings. The lowest BCUT2D eigenvalue weighted by molar-refractivity contribution is -0.0162. The molecule has 0 unspecified atom stereocenters. The summed E-state index contributed by atoms with van der Waals surface area (Å²) in [5.74, 6) is 0.855. The highest BCUT2D eigenvalue weighted by Gasteiger charge is 2.09. The summed E-state index contributed by atoms with van der Waals surface area (Å²) in [5.41, 5.74) is 0.868. The van der Waals surface area contributed by atoms with Crippen LogP contribution in [0.5, 0.6) is 5.75 Å². The van der Waals surface area contributed by atoms with Crippen LogP contribution < -0.4 is 4.74 Å². The van der Waals surface area contributed by atoms with E-state index in [4.69, 9.17) is 9.47 Å². The Balaban J connectivity index is 1.92. The highest BCUT2D eigenvalue weighted by molar-refractivity contribution is 5.79. The van der Waals surface area contributed by atoms with Crippen LogP contribution in [0.3, 0.4) is 0 Å². The molecular weight excluding hydrogens is 226 g/mol. The molecule has 96 valence electrons. The Bertz CT molecular complexity index is 517. The molecule has 0 spiro atoms. The summed E-state index contributed by atoms with van der Waals surface area (Å²) in [5, 5.41) is 1.09. The molecule has 1 heterocycles. The lowest BCUT2D eigenvalue weighted by Crippen LogP contribution is -2.22. The third-order valence-electron chi connectivity index (χ3n) is 2.46. The molecule has 0 N–H and O–H groups in total. The van der Waals surface area contributed by atoms with E-state index in [1.54, 1.807) is 6.20 Å². The minimum absolute atomic E-state index is 0.114. The number of rotatable bonds is 4. The molecule has 2 rings (SSSR count). The maximum absolute atomic E-state index is 5.66. The summed E-state index contributed by atoms with van der Waals surface area (Å²) >= 11 is 0. The summed E-state index contributed by atoms with van der Waals surface area (Å²) in [6.07, 6.45) is 1.79. The van der Waals surface area contributed by atoms with E-state index >= 15 is 0 Å². The van der Waals surface area contributed by atoms with Crippen LogP contribution in [0, 0.1) is 0 Å². The number of aromatic nitrogens is 1. The second-order valence-corrected chi connectivity index (χ2v) is 5.17. The maximum Gasteiger partial charge on any atom is 0.120 e. The van der Waals surface area contributed by atoms with Gasteiger partial charge in [-0.1, -0.05) is 6.07 Å². The molecule has 1 aromatic heterocycles.